The fourth-order valence-corrected chi connectivity index (χ4v) is 4.94. The average Bonchev–Trinajstić information content (AvgIpc) is 2.97. The maximum atomic E-state index is 6.17. The third kappa shape index (κ3) is 3.52. The first kappa shape index (κ1) is 20.3. The molecule has 0 saturated carbocycles. The normalized spacial score (nSPS) is 15.1. The zero-order chi connectivity index (χ0) is 22.9. The number of allylic oxidation sites excluding steroid dienone is 4. The molecule has 34 heavy (non-hydrogen) atoms. The molecule has 1 aliphatic rings. The van der Waals surface area contributed by atoms with Crippen LogP contribution >= 0.6 is 0 Å². The first-order valence-corrected chi connectivity index (χ1v) is 11.6. The summed E-state index contributed by atoms with van der Waals surface area (Å²) in [7, 11) is 0. The first-order chi connectivity index (χ1) is 16.8. The second-order valence-corrected chi connectivity index (χ2v) is 8.59. The molecule has 0 aromatic heterocycles. The van der Waals surface area contributed by atoms with Crippen LogP contribution in [0.1, 0.15) is 5.56 Å². The van der Waals surface area contributed by atoms with Gasteiger partial charge < -0.3 is 4.74 Å². The lowest BCUT2D eigenvalue weighted by Crippen LogP contribution is -1.96. The van der Waals surface area contributed by atoms with Gasteiger partial charge in [0.25, 0.3) is 0 Å². The van der Waals surface area contributed by atoms with E-state index in [2.05, 4.69) is 110 Å². The Labute approximate surface area is 200 Å². The van der Waals surface area contributed by atoms with Crippen LogP contribution in [0.4, 0.5) is 0 Å². The minimum absolute atomic E-state index is 0.638. The molecular weight excluding hydrogens is 412 g/mol. The molecule has 0 aliphatic carbocycles. The number of benzene rings is 5. The molecule has 0 amide bonds. The molecule has 0 unspecified atom stereocenters. The fourth-order valence-electron chi connectivity index (χ4n) is 4.94. The van der Waals surface area contributed by atoms with E-state index < -0.39 is 0 Å². The van der Waals surface area contributed by atoms with Crippen LogP contribution < -0.4 is 4.74 Å². The molecule has 5 aromatic rings. The number of fused-ring (bicyclic) bond motifs is 3. The SMILES string of the molecule is C=C1/C=C\C=C/Cc2ccc(-c3c4ccccc4c(-c4ccccc4)c4ccccc34)cc2O1. The summed E-state index contributed by atoms with van der Waals surface area (Å²) >= 11 is 0. The summed E-state index contributed by atoms with van der Waals surface area (Å²) in [6, 6.07) is 34.7. The second-order valence-electron chi connectivity index (χ2n) is 8.59. The summed E-state index contributed by atoms with van der Waals surface area (Å²) in [6.45, 7) is 4.06. The van der Waals surface area contributed by atoms with Crippen molar-refractivity contribution in [2.24, 2.45) is 0 Å². The van der Waals surface area contributed by atoms with Crippen molar-refractivity contribution >= 4 is 21.5 Å². The van der Waals surface area contributed by atoms with Crippen LogP contribution in [-0.2, 0) is 6.42 Å². The van der Waals surface area contributed by atoms with Gasteiger partial charge in [-0.1, -0.05) is 116 Å². The van der Waals surface area contributed by atoms with Crippen LogP contribution in [0.5, 0.6) is 5.75 Å². The van der Waals surface area contributed by atoms with E-state index >= 15 is 0 Å². The van der Waals surface area contributed by atoms with Crippen molar-refractivity contribution < 1.29 is 4.74 Å². The minimum atomic E-state index is 0.638. The van der Waals surface area contributed by atoms with Crippen molar-refractivity contribution in [1.82, 2.24) is 0 Å². The van der Waals surface area contributed by atoms with E-state index in [1.54, 1.807) is 0 Å². The predicted octanol–water partition coefficient (Wildman–Crippen LogP) is 8.89. The highest BCUT2D eigenvalue weighted by Crippen LogP contribution is 2.44. The van der Waals surface area contributed by atoms with Gasteiger partial charge in [-0.05, 0) is 67.9 Å². The number of hydrogen-bond donors (Lipinski definition) is 0. The van der Waals surface area contributed by atoms with Gasteiger partial charge in [0.15, 0.2) is 0 Å². The van der Waals surface area contributed by atoms with Crippen molar-refractivity contribution in [2.45, 2.75) is 6.42 Å². The second kappa shape index (κ2) is 8.53. The summed E-state index contributed by atoms with van der Waals surface area (Å²) in [5, 5.41) is 4.98. The Balaban J connectivity index is 1.67. The number of rotatable bonds is 2. The summed E-state index contributed by atoms with van der Waals surface area (Å²) in [6.07, 6.45) is 8.88. The van der Waals surface area contributed by atoms with E-state index in [1.807, 2.05) is 18.2 Å². The van der Waals surface area contributed by atoms with Crippen LogP contribution in [0, 0.1) is 0 Å². The van der Waals surface area contributed by atoms with Gasteiger partial charge in [0.2, 0.25) is 0 Å². The lowest BCUT2D eigenvalue weighted by molar-refractivity contribution is 0.443. The smallest absolute Gasteiger partial charge is 0.131 e. The topological polar surface area (TPSA) is 9.23 Å². The molecule has 1 nitrogen and oxygen atoms in total. The van der Waals surface area contributed by atoms with Crippen molar-refractivity contribution in [3.8, 4) is 28.0 Å². The van der Waals surface area contributed by atoms with Gasteiger partial charge in [-0.3, -0.25) is 0 Å². The Hall–Kier alpha value is -4.36. The highest BCUT2D eigenvalue weighted by atomic mass is 16.5. The zero-order valence-electron chi connectivity index (χ0n) is 18.9. The quantitative estimate of drug-likeness (QED) is 0.251. The lowest BCUT2D eigenvalue weighted by Gasteiger charge is -2.19. The van der Waals surface area contributed by atoms with E-state index in [0.29, 0.717) is 5.76 Å². The van der Waals surface area contributed by atoms with Crippen LogP contribution in [0.3, 0.4) is 0 Å². The molecule has 0 atom stereocenters. The fraction of sp³-hybridized carbons (Fsp3) is 0.0303. The molecule has 1 heteroatoms. The van der Waals surface area contributed by atoms with Crippen molar-refractivity contribution in [3.63, 3.8) is 0 Å². The lowest BCUT2D eigenvalue weighted by atomic mass is 9.85. The molecule has 0 N–H and O–H groups in total. The Morgan fingerprint density at radius 2 is 1.18 bits per heavy atom. The Morgan fingerprint density at radius 1 is 0.588 bits per heavy atom. The van der Waals surface area contributed by atoms with Gasteiger partial charge >= 0.3 is 0 Å². The van der Waals surface area contributed by atoms with E-state index in [-0.39, 0.29) is 0 Å². The molecule has 0 radical (unpaired) electrons. The monoisotopic (exact) mass is 436 g/mol. The predicted molar refractivity (Wildman–Crippen MR) is 144 cm³/mol. The maximum absolute atomic E-state index is 6.17. The maximum Gasteiger partial charge on any atom is 0.131 e. The molecule has 0 spiro atoms. The molecule has 6 rings (SSSR count). The Morgan fingerprint density at radius 3 is 1.82 bits per heavy atom. The first-order valence-electron chi connectivity index (χ1n) is 11.6. The number of hydrogen-bond acceptors (Lipinski definition) is 1. The minimum Gasteiger partial charge on any atom is -0.458 e. The van der Waals surface area contributed by atoms with E-state index in [1.165, 1.54) is 38.2 Å². The zero-order valence-corrected chi connectivity index (χ0v) is 18.9. The molecule has 162 valence electrons. The van der Waals surface area contributed by atoms with Gasteiger partial charge in [-0.2, -0.15) is 0 Å². The Bertz CT molecular complexity index is 1550. The molecular formula is C33H24O. The van der Waals surface area contributed by atoms with Crippen molar-refractivity contribution in [2.75, 3.05) is 0 Å². The Kier molecular flexibility index (Phi) is 5.08. The van der Waals surface area contributed by atoms with Crippen molar-refractivity contribution in [1.29, 1.82) is 0 Å². The molecule has 0 fully saturated rings. The summed E-state index contributed by atoms with van der Waals surface area (Å²) in [5.41, 5.74) is 6.03. The molecule has 1 aliphatic heterocycles. The summed E-state index contributed by atoms with van der Waals surface area (Å²) < 4.78 is 6.17. The average molecular weight is 437 g/mol. The largest absolute Gasteiger partial charge is 0.458 e. The van der Waals surface area contributed by atoms with Gasteiger partial charge in [-0.15, -0.1) is 0 Å². The van der Waals surface area contributed by atoms with E-state index in [4.69, 9.17) is 4.74 Å². The van der Waals surface area contributed by atoms with Gasteiger partial charge in [0.05, 0.1) is 0 Å². The third-order valence-electron chi connectivity index (χ3n) is 6.46. The number of ether oxygens (including phenoxy) is 1. The summed E-state index contributed by atoms with van der Waals surface area (Å²) in [5.74, 6) is 1.50. The summed E-state index contributed by atoms with van der Waals surface area (Å²) in [4.78, 5) is 0. The van der Waals surface area contributed by atoms with Crippen LogP contribution in [0.15, 0.2) is 134 Å². The molecule has 0 saturated heterocycles. The molecule has 5 aromatic carbocycles. The third-order valence-corrected chi connectivity index (χ3v) is 6.46. The van der Waals surface area contributed by atoms with Gasteiger partial charge in [-0.25, -0.2) is 0 Å². The molecule has 0 bridgehead atoms. The van der Waals surface area contributed by atoms with Crippen LogP contribution in [0.2, 0.25) is 0 Å². The van der Waals surface area contributed by atoms with E-state index in [0.717, 1.165) is 23.3 Å². The van der Waals surface area contributed by atoms with Crippen LogP contribution in [-0.4, -0.2) is 0 Å². The van der Waals surface area contributed by atoms with Gasteiger partial charge in [0, 0.05) is 0 Å². The standard InChI is InChI=1S/C33H24O/c1-23-12-4-2-5-13-24-20-21-26(22-31(24)34-23)33-29-18-10-8-16-27(29)32(25-14-6-3-7-15-25)28-17-9-11-19-30(28)33/h2-12,14-22H,1,13H2/b5-2-,12-4-. The van der Waals surface area contributed by atoms with Crippen LogP contribution in [0.25, 0.3) is 43.8 Å². The van der Waals surface area contributed by atoms with Crippen molar-refractivity contribution in [3.05, 3.63) is 139 Å². The van der Waals surface area contributed by atoms with E-state index in [9.17, 15) is 0 Å². The molecule has 1 heterocycles. The highest BCUT2D eigenvalue weighted by Gasteiger charge is 2.17. The van der Waals surface area contributed by atoms with Gasteiger partial charge in [0.1, 0.15) is 11.5 Å². The highest BCUT2D eigenvalue weighted by molar-refractivity contribution is 6.21.